The summed E-state index contributed by atoms with van der Waals surface area (Å²) in [4.78, 5) is 0. The summed E-state index contributed by atoms with van der Waals surface area (Å²) < 4.78 is 0. The van der Waals surface area contributed by atoms with Crippen LogP contribution < -0.4 is 11.1 Å². The van der Waals surface area contributed by atoms with Crippen LogP contribution in [0.15, 0.2) is 18.3 Å². The number of H-pyrrole nitrogens is 1. The minimum Gasteiger partial charge on any atom is -0.397 e. The number of aromatic amines is 1. The van der Waals surface area contributed by atoms with E-state index in [1.54, 1.807) is 6.20 Å². The third-order valence-electron chi connectivity index (χ3n) is 1.88. The minimum atomic E-state index is 0.742. The van der Waals surface area contributed by atoms with Gasteiger partial charge in [-0.2, -0.15) is 5.10 Å². The van der Waals surface area contributed by atoms with Gasteiger partial charge in [0.25, 0.3) is 0 Å². The van der Waals surface area contributed by atoms with Crippen LogP contribution in [0.1, 0.15) is 0 Å². The molecule has 1 aromatic carbocycles. The Bertz CT molecular complexity index is 404. The van der Waals surface area contributed by atoms with Crippen LogP contribution in [0.5, 0.6) is 0 Å². The summed E-state index contributed by atoms with van der Waals surface area (Å²) >= 11 is 0. The molecule has 0 spiro atoms. The Morgan fingerprint density at radius 3 is 3.08 bits per heavy atom. The number of benzene rings is 1. The molecule has 0 unspecified atom stereocenters. The number of hydrogen-bond acceptors (Lipinski definition) is 3. The maximum atomic E-state index is 5.75. The van der Waals surface area contributed by atoms with E-state index in [1.165, 1.54) is 0 Å². The molecule has 0 fully saturated rings. The van der Waals surface area contributed by atoms with Crippen LogP contribution in [-0.4, -0.2) is 17.2 Å². The van der Waals surface area contributed by atoms with Crippen LogP contribution >= 0.6 is 0 Å². The fourth-order valence-electron chi connectivity index (χ4n) is 1.23. The van der Waals surface area contributed by atoms with Gasteiger partial charge in [0.2, 0.25) is 0 Å². The molecule has 1 aromatic heterocycles. The van der Waals surface area contributed by atoms with Crippen molar-refractivity contribution in [2.45, 2.75) is 0 Å². The van der Waals surface area contributed by atoms with E-state index in [0.29, 0.717) is 0 Å². The van der Waals surface area contributed by atoms with Gasteiger partial charge >= 0.3 is 0 Å². The average Bonchev–Trinajstić information content (AvgIpc) is 2.49. The zero-order chi connectivity index (χ0) is 8.55. The van der Waals surface area contributed by atoms with Gasteiger partial charge in [0.1, 0.15) is 0 Å². The highest BCUT2D eigenvalue weighted by Crippen LogP contribution is 2.23. The third kappa shape index (κ3) is 0.887. The first-order chi connectivity index (χ1) is 5.81. The highest BCUT2D eigenvalue weighted by atomic mass is 15.1. The van der Waals surface area contributed by atoms with Crippen molar-refractivity contribution in [2.24, 2.45) is 0 Å². The van der Waals surface area contributed by atoms with E-state index in [9.17, 15) is 0 Å². The first-order valence-electron chi connectivity index (χ1n) is 3.71. The number of hydrogen-bond donors (Lipinski definition) is 3. The lowest BCUT2D eigenvalue weighted by Crippen LogP contribution is -1.94. The van der Waals surface area contributed by atoms with Crippen LogP contribution in [-0.2, 0) is 0 Å². The summed E-state index contributed by atoms with van der Waals surface area (Å²) in [6.45, 7) is 0. The van der Waals surface area contributed by atoms with Crippen molar-refractivity contribution in [3.63, 3.8) is 0 Å². The normalized spacial score (nSPS) is 10.4. The highest BCUT2D eigenvalue weighted by Gasteiger charge is 2.00. The van der Waals surface area contributed by atoms with Crippen molar-refractivity contribution >= 4 is 22.3 Å². The molecular formula is C8H10N4. The fourth-order valence-corrected chi connectivity index (χ4v) is 1.23. The Balaban J connectivity index is 2.73. The van der Waals surface area contributed by atoms with E-state index < -0.39 is 0 Å². The molecule has 2 rings (SSSR count). The lowest BCUT2D eigenvalue weighted by molar-refractivity contribution is 1.12. The summed E-state index contributed by atoms with van der Waals surface area (Å²) in [5.41, 5.74) is 8.41. The molecule has 0 aliphatic rings. The van der Waals surface area contributed by atoms with E-state index in [1.807, 2.05) is 19.2 Å². The third-order valence-corrected chi connectivity index (χ3v) is 1.88. The maximum Gasteiger partial charge on any atom is 0.0672 e. The Kier molecular flexibility index (Phi) is 1.40. The molecule has 4 heteroatoms. The molecular weight excluding hydrogens is 152 g/mol. The summed E-state index contributed by atoms with van der Waals surface area (Å²) in [5.74, 6) is 0. The quantitative estimate of drug-likeness (QED) is 0.552. The zero-order valence-corrected chi connectivity index (χ0v) is 6.76. The molecule has 0 radical (unpaired) electrons. The molecule has 2 aromatic rings. The Morgan fingerprint density at radius 1 is 1.50 bits per heavy atom. The molecule has 0 aliphatic heterocycles. The lowest BCUT2D eigenvalue weighted by atomic mass is 10.2. The molecule has 0 saturated carbocycles. The van der Waals surface area contributed by atoms with Crippen molar-refractivity contribution in [3.8, 4) is 0 Å². The van der Waals surface area contributed by atoms with Gasteiger partial charge in [-0.25, -0.2) is 0 Å². The van der Waals surface area contributed by atoms with Crippen LogP contribution in [0.3, 0.4) is 0 Å². The molecule has 0 bridgehead atoms. The first kappa shape index (κ1) is 6.97. The first-order valence-corrected chi connectivity index (χ1v) is 3.71. The van der Waals surface area contributed by atoms with Crippen LogP contribution in [0.2, 0.25) is 0 Å². The zero-order valence-electron chi connectivity index (χ0n) is 6.76. The van der Waals surface area contributed by atoms with Gasteiger partial charge in [-0.05, 0) is 12.1 Å². The number of anilines is 2. The predicted octanol–water partition coefficient (Wildman–Crippen LogP) is 1.19. The maximum absolute atomic E-state index is 5.75. The molecule has 1 heterocycles. The van der Waals surface area contributed by atoms with E-state index in [4.69, 9.17) is 5.73 Å². The molecule has 12 heavy (non-hydrogen) atoms. The van der Waals surface area contributed by atoms with Crippen molar-refractivity contribution in [2.75, 3.05) is 18.1 Å². The molecule has 0 amide bonds. The van der Waals surface area contributed by atoms with Gasteiger partial charge in [0, 0.05) is 12.4 Å². The molecule has 0 saturated heterocycles. The van der Waals surface area contributed by atoms with Gasteiger partial charge in [-0.3, -0.25) is 5.10 Å². The SMILES string of the molecule is CNc1cc2[nH]ncc2cc1N. The second-order valence-electron chi connectivity index (χ2n) is 2.65. The number of fused-ring (bicyclic) bond motifs is 1. The Labute approximate surface area is 69.8 Å². The van der Waals surface area contributed by atoms with E-state index in [-0.39, 0.29) is 0 Å². The van der Waals surface area contributed by atoms with Crippen LogP contribution in [0, 0.1) is 0 Å². The Hall–Kier alpha value is -1.71. The molecule has 0 atom stereocenters. The number of nitrogens with two attached hydrogens (primary N) is 1. The molecule has 4 nitrogen and oxygen atoms in total. The van der Waals surface area contributed by atoms with E-state index in [0.717, 1.165) is 22.3 Å². The monoisotopic (exact) mass is 162 g/mol. The molecule has 0 aliphatic carbocycles. The van der Waals surface area contributed by atoms with E-state index >= 15 is 0 Å². The summed E-state index contributed by atoms with van der Waals surface area (Å²) in [7, 11) is 1.84. The summed E-state index contributed by atoms with van der Waals surface area (Å²) in [6.07, 6.45) is 1.76. The van der Waals surface area contributed by atoms with Crippen molar-refractivity contribution in [1.82, 2.24) is 10.2 Å². The number of nitrogens with one attached hydrogen (secondary N) is 2. The number of aromatic nitrogens is 2. The fraction of sp³-hybridized carbons (Fsp3) is 0.125. The summed E-state index contributed by atoms with van der Waals surface area (Å²) in [5, 5.41) is 10.8. The van der Waals surface area contributed by atoms with Gasteiger partial charge in [-0.1, -0.05) is 0 Å². The van der Waals surface area contributed by atoms with E-state index in [2.05, 4.69) is 15.5 Å². The van der Waals surface area contributed by atoms with Crippen molar-refractivity contribution < 1.29 is 0 Å². The minimum absolute atomic E-state index is 0.742. The predicted molar refractivity (Wildman–Crippen MR) is 50.1 cm³/mol. The average molecular weight is 162 g/mol. The van der Waals surface area contributed by atoms with Crippen molar-refractivity contribution in [1.29, 1.82) is 0 Å². The van der Waals surface area contributed by atoms with Crippen LogP contribution in [0.25, 0.3) is 10.9 Å². The smallest absolute Gasteiger partial charge is 0.0672 e. The highest BCUT2D eigenvalue weighted by molar-refractivity contribution is 5.88. The van der Waals surface area contributed by atoms with Gasteiger partial charge in [0.15, 0.2) is 0 Å². The number of nitrogen functional groups attached to an aromatic ring is 1. The Morgan fingerprint density at radius 2 is 2.33 bits per heavy atom. The van der Waals surface area contributed by atoms with Gasteiger partial charge in [0.05, 0.1) is 23.1 Å². The number of nitrogens with zero attached hydrogens (tertiary/aromatic N) is 1. The lowest BCUT2D eigenvalue weighted by Gasteiger charge is -2.03. The molecule has 4 N–H and O–H groups in total. The van der Waals surface area contributed by atoms with Gasteiger partial charge in [-0.15, -0.1) is 0 Å². The van der Waals surface area contributed by atoms with Crippen molar-refractivity contribution in [3.05, 3.63) is 18.3 Å². The summed E-state index contributed by atoms with van der Waals surface area (Å²) in [6, 6.07) is 3.84. The second kappa shape index (κ2) is 2.41. The topological polar surface area (TPSA) is 66.7 Å². The molecule has 62 valence electrons. The standard InChI is InChI=1S/C8H10N4/c1-10-8-3-7-5(2-6(8)9)4-11-12-7/h2-4,10H,9H2,1H3,(H,11,12). The largest absolute Gasteiger partial charge is 0.397 e. The van der Waals surface area contributed by atoms with Crippen LogP contribution in [0.4, 0.5) is 11.4 Å². The second-order valence-corrected chi connectivity index (χ2v) is 2.65. The number of rotatable bonds is 1. The van der Waals surface area contributed by atoms with Gasteiger partial charge < -0.3 is 11.1 Å².